The zero-order valence-corrected chi connectivity index (χ0v) is 13.5. The van der Waals surface area contributed by atoms with Crippen LogP contribution in [0.3, 0.4) is 0 Å². The van der Waals surface area contributed by atoms with E-state index in [1.54, 1.807) is 18.3 Å². The highest BCUT2D eigenvalue weighted by molar-refractivity contribution is 7.89. The fourth-order valence-electron chi connectivity index (χ4n) is 3.33. The second-order valence-corrected chi connectivity index (χ2v) is 8.22. The summed E-state index contributed by atoms with van der Waals surface area (Å²) in [6, 6.07) is 0.993. The summed E-state index contributed by atoms with van der Waals surface area (Å²) in [5, 5.41) is 3.71. The lowest BCUT2D eigenvalue weighted by Gasteiger charge is -2.36. The molecule has 2 fully saturated rings. The average Bonchev–Trinajstić information content (AvgIpc) is 2.48. The van der Waals surface area contributed by atoms with Crippen molar-refractivity contribution in [1.82, 2.24) is 9.62 Å². The fraction of sp³-hybridized carbons (Fsp3) is 1.00. The smallest absolute Gasteiger partial charge is 0.213 e. The van der Waals surface area contributed by atoms with Gasteiger partial charge >= 0.3 is 0 Å². The van der Waals surface area contributed by atoms with Gasteiger partial charge in [0.1, 0.15) is 0 Å². The molecule has 118 valence electrons. The number of nitrogens with one attached hydrogen (secondary N) is 1. The summed E-state index contributed by atoms with van der Waals surface area (Å²) >= 11 is 0. The van der Waals surface area contributed by atoms with E-state index in [1.807, 2.05) is 0 Å². The number of piperidine rings is 1. The van der Waals surface area contributed by atoms with Gasteiger partial charge < -0.3 is 10.1 Å². The SMILES string of the molecule is CCS(=O)(=O)N1CCC(NC2CCCC(OC)C2)CC1. The van der Waals surface area contributed by atoms with Crippen LogP contribution in [-0.2, 0) is 14.8 Å². The van der Waals surface area contributed by atoms with Crippen molar-refractivity contribution in [1.29, 1.82) is 0 Å². The van der Waals surface area contributed by atoms with Gasteiger partial charge in [-0.1, -0.05) is 0 Å². The summed E-state index contributed by atoms with van der Waals surface area (Å²) in [6.07, 6.45) is 6.93. The molecule has 2 aliphatic rings. The number of rotatable bonds is 5. The maximum Gasteiger partial charge on any atom is 0.213 e. The largest absolute Gasteiger partial charge is 0.381 e. The van der Waals surface area contributed by atoms with Gasteiger partial charge in [0.25, 0.3) is 0 Å². The molecule has 2 atom stereocenters. The molecule has 0 aromatic carbocycles. The second-order valence-electron chi connectivity index (χ2n) is 5.96. The Morgan fingerprint density at radius 1 is 1.15 bits per heavy atom. The summed E-state index contributed by atoms with van der Waals surface area (Å²) in [5.74, 6) is 0.212. The number of methoxy groups -OCH3 is 1. The molecular formula is C14H28N2O3S. The predicted octanol–water partition coefficient (Wildman–Crippen LogP) is 1.35. The molecule has 0 amide bonds. The molecule has 1 N–H and O–H groups in total. The number of ether oxygens (including phenoxy) is 1. The van der Waals surface area contributed by atoms with Crippen LogP contribution in [0.25, 0.3) is 0 Å². The molecule has 0 radical (unpaired) electrons. The Bertz CT molecular complexity index is 391. The third-order valence-corrected chi connectivity index (χ3v) is 6.52. The van der Waals surface area contributed by atoms with E-state index in [1.165, 1.54) is 19.3 Å². The first-order chi connectivity index (χ1) is 9.55. The van der Waals surface area contributed by atoms with Crippen LogP contribution in [0, 0.1) is 0 Å². The van der Waals surface area contributed by atoms with Crippen molar-refractivity contribution in [3.63, 3.8) is 0 Å². The topological polar surface area (TPSA) is 58.6 Å². The van der Waals surface area contributed by atoms with Gasteiger partial charge in [-0.15, -0.1) is 0 Å². The highest BCUT2D eigenvalue weighted by Gasteiger charge is 2.29. The number of sulfonamides is 1. The maximum atomic E-state index is 11.8. The first kappa shape index (κ1) is 16.2. The molecule has 0 aromatic rings. The van der Waals surface area contributed by atoms with E-state index < -0.39 is 10.0 Å². The molecule has 1 saturated heterocycles. The molecule has 1 saturated carbocycles. The first-order valence-corrected chi connectivity index (χ1v) is 9.42. The lowest BCUT2D eigenvalue weighted by atomic mass is 9.91. The van der Waals surface area contributed by atoms with Crippen molar-refractivity contribution in [2.45, 2.75) is 63.6 Å². The Balaban J connectivity index is 1.77. The van der Waals surface area contributed by atoms with Crippen molar-refractivity contribution in [3.8, 4) is 0 Å². The van der Waals surface area contributed by atoms with Gasteiger partial charge in [-0.05, 0) is 45.4 Å². The molecule has 1 aliphatic heterocycles. The normalized spacial score (nSPS) is 30.5. The van der Waals surface area contributed by atoms with Gasteiger partial charge in [0.05, 0.1) is 11.9 Å². The highest BCUT2D eigenvalue weighted by Crippen LogP contribution is 2.23. The van der Waals surface area contributed by atoms with Crippen LogP contribution in [-0.4, -0.2) is 56.9 Å². The number of hydrogen-bond donors (Lipinski definition) is 1. The van der Waals surface area contributed by atoms with Crippen LogP contribution in [0.1, 0.15) is 45.4 Å². The van der Waals surface area contributed by atoms with Crippen LogP contribution in [0.2, 0.25) is 0 Å². The van der Waals surface area contributed by atoms with Gasteiger partial charge in [-0.2, -0.15) is 0 Å². The first-order valence-electron chi connectivity index (χ1n) is 7.81. The van der Waals surface area contributed by atoms with E-state index in [0.717, 1.165) is 19.3 Å². The van der Waals surface area contributed by atoms with E-state index >= 15 is 0 Å². The van der Waals surface area contributed by atoms with E-state index in [0.29, 0.717) is 31.3 Å². The zero-order valence-electron chi connectivity index (χ0n) is 12.7. The highest BCUT2D eigenvalue weighted by atomic mass is 32.2. The van der Waals surface area contributed by atoms with Gasteiger partial charge in [0.15, 0.2) is 0 Å². The van der Waals surface area contributed by atoms with Crippen LogP contribution in [0.5, 0.6) is 0 Å². The molecule has 2 rings (SSSR count). The molecular weight excluding hydrogens is 276 g/mol. The average molecular weight is 304 g/mol. The van der Waals surface area contributed by atoms with Gasteiger partial charge in [-0.25, -0.2) is 12.7 Å². The Labute approximate surface area is 123 Å². The number of hydrogen-bond acceptors (Lipinski definition) is 4. The third-order valence-electron chi connectivity index (χ3n) is 4.64. The van der Waals surface area contributed by atoms with Crippen LogP contribution < -0.4 is 5.32 Å². The molecule has 1 aliphatic carbocycles. The van der Waals surface area contributed by atoms with Crippen molar-refractivity contribution in [3.05, 3.63) is 0 Å². The van der Waals surface area contributed by atoms with Crippen molar-refractivity contribution >= 4 is 10.0 Å². The van der Waals surface area contributed by atoms with Crippen LogP contribution >= 0.6 is 0 Å². The Morgan fingerprint density at radius 2 is 1.85 bits per heavy atom. The van der Waals surface area contributed by atoms with Crippen molar-refractivity contribution < 1.29 is 13.2 Å². The third kappa shape index (κ3) is 4.16. The molecule has 2 unspecified atom stereocenters. The molecule has 5 nitrogen and oxygen atoms in total. The standard InChI is InChI=1S/C14H28N2O3S/c1-3-20(17,18)16-9-7-12(8-10-16)15-13-5-4-6-14(11-13)19-2/h12-15H,3-11H2,1-2H3. The van der Waals surface area contributed by atoms with E-state index in [-0.39, 0.29) is 5.75 Å². The van der Waals surface area contributed by atoms with E-state index in [4.69, 9.17) is 4.74 Å². The lowest BCUT2D eigenvalue weighted by molar-refractivity contribution is 0.0555. The molecule has 6 heteroatoms. The number of nitrogens with zero attached hydrogens (tertiary/aromatic N) is 1. The molecule has 0 spiro atoms. The summed E-state index contributed by atoms with van der Waals surface area (Å²) in [4.78, 5) is 0. The van der Waals surface area contributed by atoms with Gasteiger partial charge in [-0.3, -0.25) is 0 Å². The van der Waals surface area contributed by atoms with Gasteiger partial charge in [0, 0.05) is 32.3 Å². The Morgan fingerprint density at radius 3 is 2.45 bits per heavy atom. The molecule has 0 aromatic heterocycles. The Hall–Kier alpha value is -0.170. The van der Waals surface area contributed by atoms with Crippen molar-refractivity contribution in [2.75, 3.05) is 26.0 Å². The van der Waals surface area contributed by atoms with E-state index in [9.17, 15) is 8.42 Å². The minimum absolute atomic E-state index is 0.212. The van der Waals surface area contributed by atoms with E-state index in [2.05, 4.69) is 5.32 Å². The summed E-state index contributed by atoms with van der Waals surface area (Å²) < 4.78 is 30.7. The fourth-order valence-corrected chi connectivity index (χ4v) is 4.46. The predicted molar refractivity (Wildman–Crippen MR) is 80.2 cm³/mol. The lowest BCUT2D eigenvalue weighted by Crippen LogP contribution is -2.49. The minimum atomic E-state index is -3.00. The summed E-state index contributed by atoms with van der Waals surface area (Å²) in [7, 11) is -1.21. The maximum absolute atomic E-state index is 11.8. The molecule has 0 bridgehead atoms. The summed E-state index contributed by atoms with van der Waals surface area (Å²) in [5.41, 5.74) is 0. The Kier molecular flexibility index (Phi) is 5.84. The monoisotopic (exact) mass is 304 g/mol. The van der Waals surface area contributed by atoms with Gasteiger partial charge in [0.2, 0.25) is 10.0 Å². The quantitative estimate of drug-likeness (QED) is 0.833. The van der Waals surface area contributed by atoms with Crippen LogP contribution in [0.4, 0.5) is 0 Å². The summed E-state index contributed by atoms with van der Waals surface area (Å²) in [6.45, 7) is 3.04. The zero-order chi connectivity index (χ0) is 14.6. The minimum Gasteiger partial charge on any atom is -0.381 e. The molecule has 1 heterocycles. The van der Waals surface area contributed by atoms with Crippen LogP contribution in [0.15, 0.2) is 0 Å². The van der Waals surface area contributed by atoms with Crippen molar-refractivity contribution in [2.24, 2.45) is 0 Å². The molecule has 20 heavy (non-hydrogen) atoms. The second kappa shape index (κ2) is 7.20.